The summed E-state index contributed by atoms with van der Waals surface area (Å²) in [7, 11) is 0. The fourth-order valence-electron chi connectivity index (χ4n) is 4.94. The van der Waals surface area contributed by atoms with Gasteiger partial charge in [0.05, 0.1) is 0 Å². The summed E-state index contributed by atoms with van der Waals surface area (Å²) in [5.74, 6) is 0. The second-order valence-corrected chi connectivity index (χ2v) is 7.74. The van der Waals surface area contributed by atoms with E-state index in [1.54, 1.807) is 0 Å². The lowest BCUT2D eigenvalue weighted by Crippen LogP contribution is -2.47. The van der Waals surface area contributed by atoms with Crippen molar-refractivity contribution in [3.8, 4) is 0 Å². The predicted octanol–water partition coefficient (Wildman–Crippen LogP) is 3.83. The van der Waals surface area contributed by atoms with Crippen molar-refractivity contribution in [2.75, 3.05) is 13.1 Å². The molecule has 2 aliphatic heterocycles. The highest BCUT2D eigenvalue weighted by atomic mass is 15.3. The third-order valence-corrected chi connectivity index (χ3v) is 5.35. The molecule has 92 valence electrons. The molecule has 16 heavy (non-hydrogen) atoms. The number of fused-ring (bicyclic) bond motifs is 1. The van der Waals surface area contributed by atoms with Gasteiger partial charge in [-0.1, -0.05) is 20.8 Å². The number of hydrogen-bond donors (Lipinski definition) is 0. The van der Waals surface area contributed by atoms with Gasteiger partial charge in [0.1, 0.15) is 0 Å². The molecule has 2 heterocycles. The van der Waals surface area contributed by atoms with Crippen LogP contribution in [0.25, 0.3) is 0 Å². The van der Waals surface area contributed by atoms with Crippen LogP contribution in [0.5, 0.6) is 0 Å². The summed E-state index contributed by atoms with van der Waals surface area (Å²) < 4.78 is 0. The van der Waals surface area contributed by atoms with Gasteiger partial charge in [-0.3, -0.25) is 4.90 Å². The lowest BCUT2D eigenvalue weighted by molar-refractivity contribution is 0.0658. The Hall–Kier alpha value is -0.0400. The molecule has 1 nitrogen and oxygen atoms in total. The molecule has 3 rings (SSSR count). The van der Waals surface area contributed by atoms with E-state index in [1.807, 2.05) is 0 Å². The number of rotatable bonds is 2. The van der Waals surface area contributed by atoms with Crippen LogP contribution in [0.4, 0.5) is 0 Å². The van der Waals surface area contributed by atoms with Gasteiger partial charge in [-0.05, 0) is 68.9 Å². The highest BCUT2D eigenvalue weighted by Gasteiger charge is 2.64. The van der Waals surface area contributed by atoms with E-state index in [9.17, 15) is 0 Å². The first-order valence-electron chi connectivity index (χ1n) is 7.23. The van der Waals surface area contributed by atoms with Crippen LogP contribution in [0, 0.1) is 10.8 Å². The molecular formula is C15H27N. The van der Waals surface area contributed by atoms with E-state index in [0.29, 0.717) is 11.0 Å². The fraction of sp³-hybridized carbons (Fsp3) is 1.00. The summed E-state index contributed by atoms with van der Waals surface area (Å²) in [5.41, 5.74) is 1.89. The summed E-state index contributed by atoms with van der Waals surface area (Å²) in [6, 6.07) is 0. The molecule has 0 unspecified atom stereocenters. The number of nitrogens with zero attached hydrogens (tertiary/aromatic N) is 1. The number of hydrogen-bond acceptors (Lipinski definition) is 1. The minimum Gasteiger partial charge on any atom is -0.297 e. The lowest BCUT2D eigenvalue weighted by Gasteiger charge is -2.43. The molecule has 0 radical (unpaired) electrons. The Kier molecular flexibility index (Phi) is 2.25. The molecule has 0 spiro atoms. The van der Waals surface area contributed by atoms with E-state index in [1.165, 1.54) is 58.0 Å². The van der Waals surface area contributed by atoms with Gasteiger partial charge in [-0.15, -0.1) is 0 Å². The van der Waals surface area contributed by atoms with Crippen LogP contribution in [0.15, 0.2) is 0 Å². The van der Waals surface area contributed by atoms with Crippen LogP contribution >= 0.6 is 0 Å². The van der Waals surface area contributed by atoms with Crippen molar-refractivity contribution < 1.29 is 0 Å². The second-order valence-electron chi connectivity index (χ2n) is 7.74. The maximum Gasteiger partial charge on any atom is 0.0266 e. The monoisotopic (exact) mass is 221 g/mol. The van der Waals surface area contributed by atoms with E-state index in [0.717, 1.165) is 5.41 Å². The quantitative estimate of drug-likeness (QED) is 0.685. The van der Waals surface area contributed by atoms with Crippen molar-refractivity contribution in [3.63, 3.8) is 0 Å². The summed E-state index contributed by atoms with van der Waals surface area (Å²) in [6.07, 6.45) is 10.4. The molecule has 0 aromatic rings. The summed E-state index contributed by atoms with van der Waals surface area (Å²) >= 11 is 0. The van der Waals surface area contributed by atoms with Gasteiger partial charge >= 0.3 is 0 Å². The Bertz CT molecular complexity index is 272. The van der Waals surface area contributed by atoms with Crippen LogP contribution in [0.2, 0.25) is 0 Å². The third-order valence-electron chi connectivity index (χ3n) is 5.35. The molecule has 0 bridgehead atoms. The third kappa shape index (κ3) is 1.47. The Morgan fingerprint density at radius 3 is 1.94 bits per heavy atom. The van der Waals surface area contributed by atoms with Gasteiger partial charge in [0, 0.05) is 5.54 Å². The molecule has 0 aromatic heterocycles. The molecule has 1 saturated carbocycles. The van der Waals surface area contributed by atoms with E-state index in [2.05, 4.69) is 25.7 Å². The van der Waals surface area contributed by atoms with E-state index < -0.39 is 0 Å². The Balaban J connectivity index is 1.86. The summed E-state index contributed by atoms with van der Waals surface area (Å²) in [4.78, 5) is 2.87. The van der Waals surface area contributed by atoms with Crippen molar-refractivity contribution in [2.45, 2.75) is 71.3 Å². The largest absolute Gasteiger partial charge is 0.297 e. The zero-order valence-corrected chi connectivity index (χ0v) is 11.3. The highest BCUT2D eigenvalue weighted by Crippen LogP contribution is 2.67. The molecule has 2 saturated heterocycles. The molecular weight excluding hydrogens is 194 g/mol. The van der Waals surface area contributed by atoms with Gasteiger partial charge in [-0.25, -0.2) is 0 Å². The molecule has 0 aromatic carbocycles. The molecule has 3 aliphatic rings. The van der Waals surface area contributed by atoms with Crippen LogP contribution in [0.1, 0.15) is 65.7 Å². The fourth-order valence-corrected chi connectivity index (χ4v) is 4.94. The summed E-state index contributed by atoms with van der Waals surface area (Å²) in [6.45, 7) is 10.1. The molecule has 0 amide bonds. The smallest absolute Gasteiger partial charge is 0.0266 e. The normalized spacial score (nSPS) is 31.7. The van der Waals surface area contributed by atoms with Crippen LogP contribution in [-0.4, -0.2) is 23.5 Å². The van der Waals surface area contributed by atoms with Gasteiger partial charge in [0.15, 0.2) is 0 Å². The average Bonchev–Trinajstić information content (AvgIpc) is 2.65. The van der Waals surface area contributed by atoms with E-state index >= 15 is 0 Å². The first-order valence-corrected chi connectivity index (χ1v) is 7.23. The first-order chi connectivity index (χ1) is 7.48. The van der Waals surface area contributed by atoms with Crippen molar-refractivity contribution in [2.24, 2.45) is 10.8 Å². The van der Waals surface area contributed by atoms with Gasteiger partial charge in [0.2, 0.25) is 0 Å². The van der Waals surface area contributed by atoms with Gasteiger partial charge in [0.25, 0.3) is 0 Å². The minimum absolute atomic E-state index is 0.516. The average molecular weight is 221 g/mol. The SMILES string of the molecule is CC(C)(C)CC1(C23CCCN2CCC3)CC1. The Morgan fingerprint density at radius 2 is 1.50 bits per heavy atom. The predicted molar refractivity (Wildman–Crippen MR) is 68.5 cm³/mol. The topological polar surface area (TPSA) is 3.24 Å². The van der Waals surface area contributed by atoms with Gasteiger partial charge in [-0.2, -0.15) is 0 Å². The molecule has 0 atom stereocenters. The molecule has 0 N–H and O–H groups in total. The lowest BCUT2D eigenvalue weighted by atomic mass is 9.69. The Labute approximate surface area is 101 Å². The summed E-state index contributed by atoms with van der Waals surface area (Å²) in [5, 5.41) is 0. The maximum absolute atomic E-state index is 2.87. The maximum atomic E-state index is 2.87. The van der Waals surface area contributed by atoms with Crippen molar-refractivity contribution in [3.05, 3.63) is 0 Å². The van der Waals surface area contributed by atoms with Gasteiger partial charge < -0.3 is 0 Å². The van der Waals surface area contributed by atoms with Crippen LogP contribution in [0.3, 0.4) is 0 Å². The van der Waals surface area contributed by atoms with Crippen molar-refractivity contribution >= 4 is 0 Å². The van der Waals surface area contributed by atoms with Crippen molar-refractivity contribution in [1.29, 1.82) is 0 Å². The van der Waals surface area contributed by atoms with Crippen molar-refractivity contribution in [1.82, 2.24) is 4.90 Å². The van der Waals surface area contributed by atoms with Crippen LogP contribution in [-0.2, 0) is 0 Å². The molecule has 3 fully saturated rings. The highest BCUT2D eigenvalue weighted by molar-refractivity contribution is 5.18. The zero-order chi connectivity index (χ0) is 11.4. The second kappa shape index (κ2) is 3.25. The van der Waals surface area contributed by atoms with E-state index in [-0.39, 0.29) is 0 Å². The zero-order valence-electron chi connectivity index (χ0n) is 11.3. The Morgan fingerprint density at radius 1 is 0.938 bits per heavy atom. The minimum atomic E-state index is 0.516. The van der Waals surface area contributed by atoms with E-state index in [4.69, 9.17) is 0 Å². The standard InChI is InChI=1S/C15H27N/c1-13(2,3)12-14(8-9-14)15-6-4-10-16(15)11-5-7-15/h4-12H2,1-3H3. The molecule has 1 aliphatic carbocycles. The van der Waals surface area contributed by atoms with Crippen LogP contribution < -0.4 is 0 Å². The first kappa shape index (κ1) is 11.1. The molecule has 1 heteroatoms.